The Kier molecular flexibility index (Phi) is 4.43. The molecule has 0 unspecified atom stereocenters. The van der Waals surface area contributed by atoms with Crippen molar-refractivity contribution in [1.29, 1.82) is 0 Å². The standard InChI is InChI=1S/C16H28N4O2/c1-12-14(10-17-16(2,11-21)13-4-5-13)15(19(3)18-12)20-6-8-22-9-7-20/h13,17,21H,4-11H2,1-3H3/t16-/m0/s1. The van der Waals surface area contributed by atoms with Crippen molar-refractivity contribution in [3.8, 4) is 0 Å². The van der Waals surface area contributed by atoms with Crippen LogP contribution in [0.1, 0.15) is 31.0 Å². The number of morpholine rings is 1. The van der Waals surface area contributed by atoms with Crippen LogP contribution in [0.25, 0.3) is 0 Å². The van der Waals surface area contributed by atoms with E-state index in [-0.39, 0.29) is 12.1 Å². The summed E-state index contributed by atoms with van der Waals surface area (Å²) in [5.41, 5.74) is 2.13. The van der Waals surface area contributed by atoms with Crippen LogP contribution in [0, 0.1) is 12.8 Å². The summed E-state index contributed by atoms with van der Waals surface area (Å²) < 4.78 is 7.44. The molecule has 3 rings (SSSR count). The normalized spacial score (nSPS) is 21.9. The fourth-order valence-electron chi connectivity index (χ4n) is 3.41. The van der Waals surface area contributed by atoms with Gasteiger partial charge >= 0.3 is 0 Å². The van der Waals surface area contributed by atoms with E-state index in [4.69, 9.17) is 4.74 Å². The number of aromatic nitrogens is 2. The molecule has 0 radical (unpaired) electrons. The summed E-state index contributed by atoms with van der Waals surface area (Å²) in [7, 11) is 2.01. The van der Waals surface area contributed by atoms with Gasteiger partial charge < -0.3 is 20.1 Å². The quantitative estimate of drug-likeness (QED) is 0.814. The molecule has 6 nitrogen and oxygen atoms in total. The van der Waals surface area contributed by atoms with Crippen LogP contribution in [0.3, 0.4) is 0 Å². The number of nitrogens with zero attached hydrogens (tertiary/aromatic N) is 3. The maximum atomic E-state index is 9.76. The molecular weight excluding hydrogens is 280 g/mol. The Morgan fingerprint density at radius 2 is 2.05 bits per heavy atom. The molecule has 1 atom stereocenters. The molecule has 1 aromatic heterocycles. The zero-order valence-electron chi connectivity index (χ0n) is 13.9. The van der Waals surface area contributed by atoms with Gasteiger partial charge in [-0.05, 0) is 32.6 Å². The number of nitrogens with one attached hydrogen (secondary N) is 1. The van der Waals surface area contributed by atoms with E-state index < -0.39 is 0 Å². The molecule has 0 spiro atoms. The monoisotopic (exact) mass is 308 g/mol. The van der Waals surface area contributed by atoms with Crippen molar-refractivity contribution in [2.24, 2.45) is 13.0 Å². The van der Waals surface area contributed by atoms with Crippen molar-refractivity contribution in [1.82, 2.24) is 15.1 Å². The summed E-state index contributed by atoms with van der Waals surface area (Å²) in [6.07, 6.45) is 2.43. The summed E-state index contributed by atoms with van der Waals surface area (Å²) >= 11 is 0. The van der Waals surface area contributed by atoms with Gasteiger partial charge in [0, 0.05) is 37.8 Å². The van der Waals surface area contributed by atoms with Gasteiger partial charge in [-0.15, -0.1) is 0 Å². The molecule has 124 valence electrons. The third kappa shape index (κ3) is 3.00. The zero-order chi connectivity index (χ0) is 15.7. The van der Waals surface area contributed by atoms with Crippen molar-refractivity contribution in [2.75, 3.05) is 37.8 Å². The first-order chi connectivity index (χ1) is 10.5. The van der Waals surface area contributed by atoms with Crippen molar-refractivity contribution >= 4 is 5.82 Å². The lowest BCUT2D eigenvalue weighted by Gasteiger charge is -2.32. The topological polar surface area (TPSA) is 62.5 Å². The van der Waals surface area contributed by atoms with Crippen LogP contribution in [0.2, 0.25) is 0 Å². The van der Waals surface area contributed by atoms with Gasteiger partial charge in [0.1, 0.15) is 5.82 Å². The third-order valence-corrected chi connectivity index (χ3v) is 5.10. The molecule has 22 heavy (non-hydrogen) atoms. The highest BCUT2D eigenvalue weighted by atomic mass is 16.5. The summed E-state index contributed by atoms with van der Waals surface area (Å²) in [6.45, 7) is 8.49. The van der Waals surface area contributed by atoms with Gasteiger partial charge in [-0.1, -0.05) is 0 Å². The predicted octanol–water partition coefficient (Wildman–Crippen LogP) is 0.816. The number of anilines is 1. The van der Waals surface area contributed by atoms with Crippen LogP contribution < -0.4 is 10.2 Å². The first-order valence-electron chi connectivity index (χ1n) is 8.26. The molecule has 0 amide bonds. The molecule has 1 saturated heterocycles. The Hall–Kier alpha value is -1.11. The fraction of sp³-hybridized carbons (Fsp3) is 0.812. The number of ether oxygens (including phenoxy) is 1. The SMILES string of the molecule is Cc1nn(C)c(N2CCOCC2)c1CN[C@@](C)(CO)C1CC1. The highest BCUT2D eigenvalue weighted by Crippen LogP contribution is 2.39. The van der Waals surface area contributed by atoms with Gasteiger partial charge in [-0.25, -0.2) is 0 Å². The van der Waals surface area contributed by atoms with Crippen molar-refractivity contribution < 1.29 is 9.84 Å². The molecule has 2 fully saturated rings. The van der Waals surface area contributed by atoms with Gasteiger partial charge in [-0.2, -0.15) is 5.10 Å². The first-order valence-corrected chi connectivity index (χ1v) is 8.26. The maximum absolute atomic E-state index is 9.76. The number of aliphatic hydroxyl groups excluding tert-OH is 1. The third-order valence-electron chi connectivity index (χ3n) is 5.10. The van der Waals surface area contributed by atoms with Crippen molar-refractivity contribution in [2.45, 2.75) is 38.8 Å². The highest BCUT2D eigenvalue weighted by molar-refractivity contribution is 5.50. The first kappa shape index (κ1) is 15.8. The van der Waals surface area contributed by atoms with Crippen LogP contribution in [-0.4, -0.2) is 53.3 Å². The Bertz CT molecular complexity index is 520. The molecule has 1 aromatic rings. The molecule has 6 heteroatoms. The van der Waals surface area contributed by atoms with Crippen LogP contribution in [0.4, 0.5) is 5.82 Å². The number of aliphatic hydroxyl groups is 1. The average molecular weight is 308 g/mol. The van der Waals surface area contributed by atoms with Crippen LogP contribution in [0.5, 0.6) is 0 Å². The molecule has 0 aromatic carbocycles. The van der Waals surface area contributed by atoms with Gasteiger partial charge in [0.05, 0.1) is 25.5 Å². The van der Waals surface area contributed by atoms with Crippen LogP contribution in [-0.2, 0) is 18.3 Å². The van der Waals surface area contributed by atoms with E-state index in [1.165, 1.54) is 24.2 Å². The number of rotatable bonds is 6. The molecular formula is C16H28N4O2. The highest BCUT2D eigenvalue weighted by Gasteiger charge is 2.41. The van der Waals surface area contributed by atoms with Gasteiger partial charge in [0.25, 0.3) is 0 Å². The second kappa shape index (κ2) is 6.18. The molecule has 2 aliphatic rings. The van der Waals surface area contributed by atoms with Crippen LogP contribution in [0.15, 0.2) is 0 Å². The Balaban J connectivity index is 1.77. The van der Waals surface area contributed by atoms with Gasteiger partial charge in [0.2, 0.25) is 0 Å². The minimum atomic E-state index is -0.176. The van der Waals surface area contributed by atoms with Gasteiger partial charge in [0.15, 0.2) is 0 Å². The van der Waals surface area contributed by atoms with Crippen molar-refractivity contribution in [3.05, 3.63) is 11.3 Å². The van der Waals surface area contributed by atoms with Crippen LogP contribution >= 0.6 is 0 Å². The lowest BCUT2D eigenvalue weighted by Crippen LogP contribution is -2.47. The van der Waals surface area contributed by atoms with Gasteiger partial charge in [-0.3, -0.25) is 4.68 Å². The average Bonchev–Trinajstić information content (AvgIpc) is 3.33. The molecule has 1 saturated carbocycles. The van der Waals surface area contributed by atoms with E-state index in [2.05, 4.69) is 29.2 Å². The lowest BCUT2D eigenvalue weighted by atomic mass is 9.96. The minimum Gasteiger partial charge on any atom is -0.394 e. The zero-order valence-corrected chi connectivity index (χ0v) is 13.9. The lowest BCUT2D eigenvalue weighted by molar-refractivity contribution is 0.122. The smallest absolute Gasteiger partial charge is 0.131 e. The summed E-state index contributed by atoms with van der Waals surface area (Å²) in [6, 6.07) is 0. The van der Waals surface area contributed by atoms with E-state index in [9.17, 15) is 5.11 Å². The summed E-state index contributed by atoms with van der Waals surface area (Å²) in [5, 5.41) is 18.0. The van der Waals surface area contributed by atoms with E-state index in [0.29, 0.717) is 5.92 Å². The van der Waals surface area contributed by atoms with E-state index >= 15 is 0 Å². The Morgan fingerprint density at radius 1 is 1.36 bits per heavy atom. The summed E-state index contributed by atoms with van der Waals surface area (Å²) in [4.78, 5) is 2.36. The fourth-order valence-corrected chi connectivity index (χ4v) is 3.41. The number of hydrogen-bond donors (Lipinski definition) is 2. The van der Waals surface area contributed by atoms with Crippen molar-refractivity contribution in [3.63, 3.8) is 0 Å². The Morgan fingerprint density at radius 3 is 2.64 bits per heavy atom. The van der Waals surface area contributed by atoms with E-state index in [0.717, 1.165) is 38.5 Å². The van der Waals surface area contributed by atoms with E-state index in [1.54, 1.807) is 0 Å². The summed E-state index contributed by atoms with van der Waals surface area (Å²) in [5.74, 6) is 1.78. The Labute approximate surface area is 132 Å². The predicted molar refractivity (Wildman–Crippen MR) is 86.0 cm³/mol. The molecule has 1 aliphatic carbocycles. The second-order valence-corrected chi connectivity index (χ2v) is 6.81. The molecule has 1 aliphatic heterocycles. The maximum Gasteiger partial charge on any atom is 0.131 e. The largest absolute Gasteiger partial charge is 0.394 e. The molecule has 2 N–H and O–H groups in total. The number of aryl methyl sites for hydroxylation is 2. The second-order valence-electron chi connectivity index (χ2n) is 6.81. The number of hydrogen-bond acceptors (Lipinski definition) is 5. The van der Waals surface area contributed by atoms with E-state index in [1.807, 2.05) is 11.7 Å². The molecule has 0 bridgehead atoms. The molecule has 2 heterocycles. The minimum absolute atomic E-state index is 0.176.